The largest absolute Gasteiger partial charge is 0.465 e. The SMILES string of the molecule is CC1CN(C(=O)c2ccc3c(Cl)cc(-c4cnn(CC(F)(F)F)c4)nc3c2)CCN1C(=O)O. The zero-order valence-corrected chi connectivity index (χ0v) is 18.1. The number of hydrogen-bond acceptors (Lipinski definition) is 4. The fourth-order valence-corrected chi connectivity index (χ4v) is 4.10. The van der Waals surface area contributed by atoms with Gasteiger partial charge in [0.05, 0.1) is 22.4 Å². The van der Waals surface area contributed by atoms with Gasteiger partial charge in [-0.1, -0.05) is 17.7 Å². The Morgan fingerprint density at radius 3 is 2.67 bits per heavy atom. The van der Waals surface area contributed by atoms with E-state index < -0.39 is 18.8 Å². The molecule has 3 heterocycles. The van der Waals surface area contributed by atoms with Gasteiger partial charge in [-0.3, -0.25) is 9.48 Å². The Morgan fingerprint density at radius 2 is 2.00 bits per heavy atom. The van der Waals surface area contributed by atoms with Crippen LogP contribution < -0.4 is 0 Å². The van der Waals surface area contributed by atoms with Gasteiger partial charge in [0.25, 0.3) is 5.91 Å². The number of piperazine rings is 1. The fourth-order valence-electron chi connectivity index (χ4n) is 3.84. The van der Waals surface area contributed by atoms with E-state index in [2.05, 4.69) is 10.1 Å². The van der Waals surface area contributed by atoms with E-state index in [-0.39, 0.29) is 31.6 Å². The molecule has 1 saturated heterocycles. The first-order valence-corrected chi connectivity index (χ1v) is 10.4. The summed E-state index contributed by atoms with van der Waals surface area (Å²) in [7, 11) is 0. The maximum Gasteiger partial charge on any atom is 0.408 e. The zero-order chi connectivity index (χ0) is 23.9. The van der Waals surface area contributed by atoms with Gasteiger partial charge in [0.2, 0.25) is 0 Å². The monoisotopic (exact) mass is 481 g/mol. The van der Waals surface area contributed by atoms with Crippen LogP contribution in [0.15, 0.2) is 36.7 Å². The Labute approximate surface area is 191 Å². The van der Waals surface area contributed by atoms with Crippen molar-refractivity contribution in [3.05, 3.63) is 47.2 Å². The molecule has 1 unspecified atom stereocenters. The van der Waals surface area contributed by atoms with Crippen LogP contribution in [0.25, 0.3) is 22.2 Å². The minimum Gasteiger partial charge on any atom is -0.465 e. The number of carboxylic acid groups (broad SMARTS) is 1. The molecule has 174 valence electrons. The third-order valence-corrected chi connectivity index (χ3v) is 5.75. The number of carbonyl (C=O) groups excluding carboxylic acids is 1. The number of halogens is 4. The van der Waals surface area contributed by atoms with Crippen LogP contribution >= 0.6 is 11.6 Å². The summed E-state index contributed by atoms with van der Waals surface area (Å²) in [6.07, 6.45) is -2.92. The summed E-state index contributed by atoms with van der Waals surface area (Å²) in [5.74, 6) is -0.268. The minimum absolute atomic E-state index is 0.214. The van der Waals surface area contributed by atoms with Crippen molar-refractivity contribution in [2.75, 3.05) is 19.6 Å². The van der Waals surface area contributed by atoms with Crippen LogP contribution in [0.2, 0.25) is 5.02 Å². The molecule has 1 fully saturated rings. The molecule has 1 aromatic carbocycles. The third-order valence-electron chi connectivity index (χ3n) is 5.44. The second-order valence-corrected chi connectivity index (χ2v) is 8.25. The molecular weight excluding hydrogens is 463 g/mol. The van der Waals surface area contributed by atoms with Gasteiger partial charge in [0.1, 0.15) is 6.54 Å². The molecule has 33 heavy (non-hydrogen) atoms. The molecule has 8 nitrogen and oxygen atoms in total. The van der Waals surface area contributed by atoms with Crippen molar-refractivity contribution < 1.29 is 27.9 Å². The molecular formula is C21H19ClF3N5O3. The van der Waals surface area contributed by atoms with Crippen molar-refractivity contribution in [2.45, 2.75) is 25.7 Å². The molecule has 0 saturated carbocycles. The lowest BCUT2D eigenvalue weighted by Gasteiger charge is -2.38. The van der Waals surface area contributed by atoms with Crippen LogP contribution in [0.3, 0.4) is 0 Å². The standard InChI is InChI=1S/C21H19ClF3N5O3/c1-12-9-28(4-5-30(12)20(32)33)19(31)13-2-3-15-16(22)7-17(27-18(15)6-13)14-8-26-29(10-14)11-21(23,24)25/h2-3,6-8,10,12H,4-5,9,11H2,1H3,(H,32,33). The van der Waals surface area contributed by atoms with Crippen molar-refractivity contribution in [2.24, 2.45) is 0 Å². The van der Waals surface area contributed by atoms with Crippen LogP contribution in [0.1, 0.15) is 17.3 Å². The molecule has 2 aromatic heterocycles. The quantitative estimate of drug-likeness (QED) is 0.607. The summed E-state index contributed by atoms with van der Waals surface area (Å²) >= 11 is 6.37. The number of carbonyl (C=O) groups is 2. The molecule has 0 spiro atoms. The smallest absolute Gasteiger partial charge is 0.408 e. The van der Waals surface area contributed by atoms with Crippen molar-refractivity contribution in [1.29, 1.82) is 0 Å². The van der Waals surface area contributed by atoms with Gasteiger partial charge in [-0.2, -0.15) is 18.3 Å². The van der Waals surface area contributed by atoms with Crippen molar-refractivity contribution >= 4 is 34.5 Å². The Morgan fingerprint density at radius 1 is 1.24 bits per heavy atom. The highest BCUT2D eigenvalue weighted by molar-refractivity contribution is 6.35. The molecule has 0 radical (unpaired) electrons. The summed E-state index contributed by atoms with van der Waals surface area (Å²) in [6, 6.07) is 6.04. The molecule has 0 aliphatic carbocycles. The van der Waals surface area contributed by atoms with Crippen LogP contribution in [0.5, 0.6) is 0 Å². The topological polar surface area (TPSA) is 91.6 Å². The summed E-state index contributed by atoms with van der Waals surface area (Å²) in [5, 5.41) is 13.9. The number of amides is 2. The number of rotatable bonds is 3. The van der Waals surface area contributed by atoms with E-state index in [1.54, 1.807) is 30.0 Å². The highest BCUT2D eigenvalue weighted by Crippen LogP contribution is 2.29. The van der Waals surface area contributed by atoms with E-state index in [1.807, 2.05) is 0 Å². The van der Waals surface area contributed by atoms with Crippen LogP contribution in [0.4, 0.5) is 18.0 Å². The summed E-state index contributed by atoms with van der Waals surface area (Å²) < 4.78 is 38.6. The summed E-state index contributed by atoms with van der Waals surface area (Å²) in [5.41, 5.74) is 1.45. The van der Waals surface area contributed by atoms with Crippen LogP contribution in [-0.2, 0) is 6.54 Å². The molecule has 1 aliphatic heterocycles. The van der Waals surface area contributed by atoms with Gasteiger partial charge >= 0.3 is 12.3 Å². The lowest BCUT2D eigenvalue weighted by atomic mass is 10.1. The highest BCUT2D eigenvalue weighted by atomic mass is 35.5. The van der Waals surface area contributed by atoms with Gasteiger partial charge in [-0.05, 0) is 25.1 Å². The first kappa shape index (κ1) is 22.8. The number of hydrogen-bond donors (Lipinski definition) is 1. The maximum atomic E-state index is 13.0. The average molecular weight is 482 g/mol. The Balaban J connectivity index is 1.61. The van der Waals surface area contributed by atoms with Crippen molar-refractivity contribution in [3.63, 3.8) is 0 Å². The number of alkyl halides is 3. The number of pyridine rings is 1. The molecule has 3 aromatic rings. The Bertz CT molecular complexity index is 1230. The normalized spacial score (nSPS) is 16.9. The van der Waals surface area contributed by atoms with Crippen LogP contribution in [0, 0.1) is 0 Å². The van der Waals surface area contributed by atoms with Crippen molar-refractivity contribution in [3.8, 4) is 11.3 Å². The fraction of sp³-hybridized carbons (Fsp3) is 0.333. The van der Waals surface area contributed by atoms with Crippen molar-refractivity contribution in [1.82, 2.24) is 24.6 Å². The number of aromatic nitrogens is 3. The van der Waals surface area contributed by atoms with Gasteiger partial charge in [0.15, 0.2) is 0 Å². The van der Waals surface area contributed by atoms with E-state index >= 15 is 0 Å². The highest BCUT2D eigenvalue weighted by Gasteiger charge is 2.30. The van der Waals surface area contributed by atoms with Crippen LogP contribution in [-0.4, -0.2) is 73.5 Å². The Kier molecular flexibility index (Phi) is 5.91. The maximum absolute atomic E-state index is 13.0. The summed E-state index contributed by atoms with van der Waals surface area (Å²) in [4.78, 5) is 31.6. The molecule has 1 N–H and O–H groups in total. The molecule has 12 heteroatoms. The van der Waals surface area contributed by atoms with E-state index in [0.717, 1.165) is 4.68 Å². The van der Waals surface area contributed by atoms with Gasteiger partial charge < -0.3 is 14.9 Å². The zero-order valence-electron chi connectivity index (χ0n) is 17.4. The molecule has 4 rings (SSSR count). The van der Waals surface area contributed by atoms with Gasteiger partial charge in [-0.25, -0.2) is 9.78 Å². The average Bonchev–Trinajstić information content (AvgIpc) is 3.19. The third kappa shape index (κ3) is 4.87. The minimum atomic E-state index is -4.40. The second-order valence-electron chi connectivity index (χ2n) is 7.84. The van der Waals surface area contributed by atoms with Gasteiger partial charge in [0, 0.05) is 48.4 Å². The number of nitrogens with zero attached hydrogens (tertiary/aromatic N) is 5. The Hall–Kier alpha value is -3.34. The lowest BCUT2D eigenvalue weighted by molar-refractivity contribution is -0.142. The summed E-state index contributed by atoms with van der Waals surface area (Å²) in [6.45, 7) is 1.25. The second kappa shape index (κ2) is 8.54. The molecule has 1 aliphatic rings. The molecule has 2 amide bonds. The van der Waals surface area contributed by atoms with E-state index in [9.17, 15) is 27.9 Å². The van der Waals surface area contributed by atoms with Gasteiger partial charge in [-0.15, -0.1) is 0 Å². The number of benzene rings is 1. The molecule has 0 bridgehead atoms. The number of fused-ring (bicyclic) bond motifs is 1. The van der Waals surface area contributed by atoms with E-state index in [1.165, 1.54) is 23.4 Å². The van der Waals surface area contributed by atoms with E-state index in [0.29, 0.717) is 32.7 Å². The van der Waals surface area contributed by atoms with E-state index in [4.69, 9.17) is 11.6 Å². The predicted octanol–water partition coefficient (Wildman–Crippen LogP) is 4.14. The lowest BCUT2D eigenvalue weighted by Crippen LogP contribution is -2.55. The first-order valence-electron chi connectivity index (χ1n) is 10.0. The first-order chi connectivity index (χ1) is 15.5. The molecule has 1 atom stereocenters. The predicted molar refractivity (Wildman–Crippen MR) is 114 cm³/mol.